The fraction of sp³-hybridized carbons (Fsp3) is 0.300. The summed E-state index contributed by atoms with van der Waals surface area (Å²) in [5.41, 5.74) is 0. The molecule has 0 saturated carbocycles. The molecule has 0 radical (unpaired) electrons. The van der Waals surface area contributed by atoms with Crippen molar-refractivity contribution in [3.05, 3.63) is 30.3 Å². The summed E-state index contributed by atoms with van der Waals surface area (Å²) in [5, 5.41) is 7.29. The molecule has 1 N–H and O–H groups in total. The Morgan fingerprint density at radius 1 is 1.31 bits per heavy atom. The molecule has 0 bridgehead atoms. The van der Waals surface area contributed by atoms with E-state index in [0.29, 0.717) is 6.61 Å². The number of hydrogen-bond acceptors (Lipinski definition) is 4. The number of nitrogens with one attached hydrogen (secondary N) is 1. The average molecular weight is 264 g/mol. The summed E-state index contributed by atoms with van der Waals surface area (Å²) in [6.45, 7) is 2.02. The van der Waals surface area contributed by atoms with Crippen molar-refractivity contribution in [3.8, 4) is 0 Å². The molecule has 0 aliphatic rings. The molecule has 1 aromatic rings. The van der Waals surface area contributed by atoms with E-state index in [9.17, 15) is 8.42 Å². The van der Waals surface area contributed by atoms with Crippen LogP contribution in [0.5, 0.6) is 0 Å². The molecule has 4 nitrogen and oxygen atoms in total. The molecule has 16 heavy (non-hydrogen) atoms. The summed E-state index contributed by atoms with van der Waals surface area (Å²) in [6, 6.07) is 8.06. The van der Waals surface area contributed by atoms with Gasteiger partial charge in [-0.25, -0.2) is 8.42 Å². The summed E-state index contributed by atoms with van der Waals surface area (Å²) in [4.78, 5) is 0.217. The summed E-state index contributed by atoms with van der Waals surface area (Å²) in [7, 11) is -3.43. The van der Waals surface area contributed by atoms with Crippen molar-refractivity contribution in [2.45, 2.75) is 11.8 Å². The molecule has 0 amide bonds. The molecule has 0 saturated heterocycles. The first kappa shape index (κ1) is 14.9. The highest BCUT2D eigenvalue weighted by Gasteiger charge is 2.17. The van der Waals surface area contributed by atoms with E-state index >= 15 is 0 Å². The maximum Gasteiger partial charge on any atom is 0.196 e. The van der Waals surface area contributed by atoms with E-state index in [1.165, 1.54) is 12.1 Å². The minimum absolute atomic E-state index is 0. The molecule has 0 atom stereocenters. The molecule has 0 spiro atoms. The lowest BCUT2D eigenvalue weighted by molar-refractivity contribution is 0.322. The predicted octanol–water partition coefficient (Wildman–Crippen LogP) is 1.90. The molecular weight excluding hydrogens is 250 g/mol. The Hall–Kier alpha value is -1.07. The summed E-state index contributed by atoms with van der Waals surface area (Å²) >= 11 is 0. The van der Waals surface area contributed by atoms with Crippen LogP contribution in [0, 0.1) is 5.41 Å². The topological polar surface area (TPSA) is 67.2 Å². The molecule has 90 valence electrons. The minimum atomic E-state index is -3.43. The standard InChI is InChI=1S/C10H13NO3S.ClH/c1-2-14-10(11)8-15(12,13)9-6-4-3-5-7-9;/h3-7,11H,2,8H2,1H3;1H. The normalized spacial score (nSPS) is 10.3. The van der Waals surface area contributed by atoms with Crippen LogP contribution >= 0.6 is 12.4 Å². The average Bonchev–Trinajstić information content (AvgIpc) is 2.18. The molecule has 0 heterocycles. The molecule has 0 aliphatic carbocycles. The van der Waals surface area contributed by atoms with E-state index in [2.05, 4.69) is 0 Å². The van der Waals surface area contributed by atoms with Gasteiger partial charge in [0.2, 0.25) is 0 Å². The monoisotopic (exact) mass is 263 g/mol. The van der Waals surface area contributed by atoms with Gasteiger partial charge < -0.3 is 4.74 Å². The van der Waals surface area contributed by atoms with Gasteiger partial charge in [0.1, 0.15) is 5.75 Å². The second-order valence-electron chi connectivity index (χ2n) is 2.93. The first-order chi connectivity index (χ1) is 7.06. The Kier molecular flexibility index (Phi) is 6.06. The highest BCUT2D eigenvalue weighted by Crippen LogP contribution is 2.10. The second-order valence-corrected chi connectivity index (χ2v) is 4.92. The van der Waals surface area contributed by atoms with Crippen LogP contribution in [0.3, 0.4) is 0 Å². The number of hydrogen-bond donors (Lipinski definition) is 1. The van der Waals surface area contributed by atoms with Gasteiger partial charge in [0.25, 0.3) is 0 Å². The summed E-state index contributed by atoms with van der Waals surface area (Å²) < 4.78 is 28.2. The molecule has 0 aromatic heterocycles. The summed E-state index contributed by atoms with van der Waals surface area (Å²) in [6.07, 6.45) is 0. The second kappa shape index (κ2) is 6.50. The highest BCUT2D eigenvalue weighted by atomic mass is 35.5. The number of halogens is 1. The number of ether oxygens (including phenoxy) is 1. The molecule has 6 heteroatoms. The van der Waals surface area contributed by atoms with Gasteiger partial charge >= 0.3 is 0 Å². The van der Waals surface area contributed by atoms with Gasteiger partial charge in [-0.3, -0.25) is 5.41 Å². The first-order valence-corrected chi connectivity index (χ1v) is 6.19. The van der Waals surface area contributed by atoms with E-state index < -0.39 is 9.84 Å². The smallest absolute Gasteiger partial charge is 0.196 e. The van der Waals surface area contributed by atoms with Gasteiger partial charge in [0.15, 0.2) is 15.7 Å². The van der Waals surface area contributed by atoms with Crippen LogP contribution in [-0.2, 0) is 14.6 Å². The highest BCUT2D eigenvalue weighted by molar-refractivity contribution is 7.92. The number of benzene rings is 1. The SMILES string of the molecule is CCOC(=N)CS(=O)(=O)c1ccccc1.Cl. The molecule has 1 aromatic carbocycles. The third kappa shape index (κ3) is 4.20. The molecule has 0 unspecified atom stereocenters. The summed E-state index contributed by atoms with van der Waals surface area (Å²) in [5.74, 6) is -0.605. The molecule has 1 rings (SSSR count). The maximum absolute atomic E-state index is 11.7. The van der Waals surface area contributed by atoms with Crippen LogP contribution in [0.25, 0.3) is 0 Å². The maximum atomic E-state index is 11.7. The molecule has 0 aliphatic heterocycles. The zero-order valence-corrected chi connectivity index (χ0v) is 10.5. The van der Waals surface area contributed by atoms with Crippen LogP contribution in [0.1, 0.15) is 6.92 Å². The third-order valence-corrected chi connectivity index (χ3v) is 3.37. The Balaban J connectivity index is 0.00000225. The van der Waals surface area contributed by atoms with E-state index in [0.717, 1.165) is 0 Å². The van der Waals surface area contributed by atoms with Crippen LogP contribution in [0.2, 0.25) is 0 Å². The quantitative estimate of drug-likeness (QED) is 0.666. The molecule has 0 fully saturated rings. The molecular formula is C10H14ClNO3S. The van der Waals surface area contributed by atoms with Crippen molar-refractivity contribution in [1.29, 1.82) is 5.41 Å². The van der Waals surface area contributed by atoms with Crippen molar-refractivity contribution in [2.24, 2.45) is 0 Å². The van der Waals surface area contributed by atoms with Gasteiger partial charge in [-0.2, -0.15) is 0 Å². The fourth-order valence-corrected chi connectivity index (χ4v) is 2.27. The van der Waals surface area contributed by atoms with Gasteiger partial charge in [-0.15, -0.1) is 12.4 Å². The fourth-order valence-electron chi connectivity index (χ4n) is 1.10. The Morgan fingerprint density at radius 3 is 2.38 bits per heavy atom. The van der Waals surface area contributed by atoms with Crippen molar-refractivity contribution < 1.29 is 13.2 Å². The van der Waals surface area contributed by atoms with Gasteiger partial charge in [-0.1, -0.05) is 18.2 Å². The van der Waals surface area contributed by atoms with Crippen LogP contribution in [-0.4, -0.2) is 26.7 Å². The minimum Gasteiger partial charge on any atom is -0.481 e. The number of rotatable bonds is 4. The Bertz CT molecular complexity index is 431. The van der Waals surface area contributed by atoms with Crippen LogP contribution < -0.4 is 0 Å². The van der Waals surface area contributed by atoms with Gasteiger partial charge in [-0.05, 0) is 19.1 Å². The van der Waals surface area contributed by atoms with Gasteiger partial charge in [0, 0.05) is 0 Å². The lowest BCUT2D eigenvalue weighted by Gasteiger charge is -2.05. The Morgan fingerprint density at radius 2 is 1.88 bits per heavy atom. The first-order valence-electron chi connectivity index (χ1n) is 4.54. The lowest BCUT2D eigenvalue weighted by atomic mass is 10.4. The third-order valence-electron chi connectivity index (χ3n) is 1.74. The van der Waals surface area contributed by atoms with E-state index in [1.807, 2.05) is 0 Å². The van der Waals surface area contributed by atoms with Crippen molar-refractivity contribution in [2.75, 3.05) is 12.4 Å². The zero-order chi connectivity index (χ0) is 11.3. The van der Waals surface area contributed by atoms with E-state index in [4.69, 9.17) is 10.1 Å². The predicted molar refractivity (Wildman–Crippen MR) is 65.1 cm³/mol. The Labute approximate surface area is 101 Å². The van der Waals surface area contributed by atoms with E-state index in [1.54, 1.807) is 25.1 Å². The van der Waals surface area contributed by atoms with Crippen LogP contribution in [0.4, 0.5) is 0 Å². The van der Waals surface area contributed by atoms with Crippen molar-refractivity contribution in [1.82, 2.24) is 0 Å². The van der Waals surface area contributed by atoms with Crippen molar-refractivity contribution in [3.63, 3.8) is 0 Å². The van der Waals surface area contributed by atoms with Crippen molar-refractivity contribution >= 4 is 28.1 Å². The van der Waals surface area contributed by atoms with Gasteiger partial charge in [0.05, 0.1) is 11.5 Å². The van der Waals surface area contributed by atoms with E-state index in [-0.39, 0.29) is 29.0 Å². The zero-order valence-electron chi connectivity index (χ0n) is 8.84. The lowest BCUT2D eigenvalue weighted by Crippen LogP contribution is -2.17. The number of sulfone groups is 1. The largest absolute Gasteiger partial charge is 0.481 e. The van der Waals surface area contributed by atoms with Crippen LogP contribution in [0.15, 0.2) is 35.2 Å².